The molecular formula is C18H14Cl2N2O2S. The van der Waals surface area contributed by atoms with Crippen LogP contribution < -0.4 is 5.32 Å². The van der Waals surface area contributed by atoms with Crippen LogP contribution in [0.3, 0.4) is 0 Å². The zero-order valence-electron chi connectivity index (χ0n) is 13.3. The van der Waals surface area contributed by atoms with Gasteiger partial charge in [0.2, 0.25) is 0 Å². The fourth-order valence-electron chi connectivity index (χ4n) is 2.31. The Labute approximate surface area is 159 Å². The van der Waals surface area contributed by atoms with E-state index in [-0.39, 0.29) is 17.8 Å². The van der Waals surface area contributed by atoms with Gasteiger partial charge in [0.1, 0.15) is 0 Å². The van der Waals surface area contributed by atoms with Crippen molar-refractivity contribution in [3.63, 3.8) is 0 Å². The zero-order valence-corrected chi connectivity index (χ0v) is 15.6. The van der Waals surface area contributed by atoms with E-state index in [0.717, 1.165) is 28.6 Å². The molecule has 0 radical (unpaired) electrons. The summed E-state index contributed by atoms with van der Waals surface area (Å²) in [5.74, 6) is -0.322. The standard InChI is InChI=1S/C18H14Cl2N2O2S/c1-11-14(20)3-2-4-15(11)21-10-22-17(23)16(25-18(22)24)9-12-5-7-13(19)8-6-12/h2-9,21H,10H2,1H3. The van der Waals surface area contributed by atoms with Crippen molar-refractivity contribution in [3.8, 4) is 0 Å². The lowest BCUT2D eigenvalue weighted by Crippen LogP contribution is -2.33. The molecule has 7 heteroatoms. The highest BCUT2D eigenvalue weighted by Gasteiger charge is 2.34. The van der Waals surface area contributed by atoms with Crippen molar-refractivity contribution in [1.29, 1.82) is 0 Å². The number of nitrogens with zero attached hydrogens (tertiary/aromatic N) is 1. The average Bonchev–Trinajstić information content (AvgIpc) is 2.85. The summed E-state index contributed by atoms with van der Waals surface area (Å²) in [7, 11) is 0. The molecule has 1 N–H and O–H groups in total. The lowest BCUT2D eigenvalue weighted by molar-refractivity contribution is -0.122. The Kier molecular flexibility index (Phi) is 5.37. The fourth-order valence-corrected chi connectivity index (χ4v) is 3.45. The summed E-state index contributed by atoms with van der Waals surface area (Å²) < 4.78 is 0. The molecule has 2 aromatic rings. The van der Waals surface area contributed by atoms with Crippen molar-refractivity contribution in [2.75, 3.05) is 12.0 Å². The second-order valence-corrected chi connectivity index (χ2v) is 7.25. The molecule has 0 saturated carbocycles. The molecular weight excluding hydrogens is 379 g/mol. The summed E-state index contributed by atoms with van der Waals surface area (Å²) in [5.41, 5.74) is 2.47. The van der Waals surface area contributed by atoms with E-state index in [1.165, 1.54) is 4.90 Å². The molecule has 0 unspecified atom stereocenters. The van der Waals surface area contributed by atoms with E-state index < -0.39 is 0 Å². The number of nitrogens with one attached hydrogen (secondary N) is 1. The maximum absolute atomic E-state index is 12.5. The molecule has 0 bridgehead atoms. The van der Waals surface area contributed by atoms with Gasteiger partial charge < -0.3 is 5.32 Å². The molecule has 0 aromatic heterocycles. The predicted molar refractivity (Wildman–Crippen MR) is 104 cm³/mol. The fraction of sp³-hybridized carbons (Fsp3) is 0.111. The number of benzene rings is 2. The molecule has 1 aliphatic heterocycles. The Balaban J connectivity index is 1.73. The number of thioether (sulfide) groups is 1. The minimum absolute atomic E-state index is 0.0871. The summed E-state index contributed by atoms with van der Waals surface area (Å²) in [6.45, 7) is 1.96. The Bertz CT molecular complexity index is 866. The van der Waals surface area contributed by atoms with Gasteiger partial charge in [0.05, 0.1) is 11.6 Å². The minimum atomic E-state index is -0.322. The molecule has 3 rings (SSSR count). The van der Waals surface area contributed by atoms with Crippen LogP contribution in [0.15, 0.2) is 47.4 Å². The Morgan fingerprint density at radius 2 is 1.84 bits per heavy atom. The number of amides is 2. The van der Waals surface area contributed by atoms with Crippen LogP contribution in [0.25, 0.3) is 6.08 Å². The van der Waals surface area contributed by atoms with Crippen LogP contribution >= 0.6 is 35.0 Å². The minimum Gasteiger partial charge on any atom is -0.367 e. The third kappa shape index (κ3) is 4.00. The number of rotatable bonds is 4. The van der Waals surface area contributed by atoms with E-state index in [4.69, 9.17) is 23.2 Å². The Morgan fingerprint density at radius 1 is 1.12 bits per heavy atom. The largest absolute Gasteiger partial charge is 0.367 e. The normalized spacial score (nSPS) is 16.0. The van der Waals surface area contributed by atoms with Crippen molar-refractivity contribution in [1.82, 2.24) is 4.90 Å². The number of imide groups is 1. The van der Waals surface area contributed by atoms with Crippen molar-refractivity contribution in [3.05, 3.63) is 68.5 Å². The molecule has 0 aliphatic carbocycles. The highest BCUT2D eigenvalue weighted by Crippen LogP contribution is 2.32. The summed E-state index contributed by atoms with van der Waals surface area (Å²) in [6, 6.07) is 12.5. The first-order chi connectivity index (χ1) is 12.0. The van der Waals surface area contributed by atoms with Gasteiger partial charge in [0.15, 0.2) is 0 Å². The second-order valence-electron chi connectivity index (χ2n) is 5.41. The Morgan fingerprint density at radius 3 is 2.56 bits per heavy atom. The first-order valence-electron chi connectivity index (χ1n) is 7.45. The van der Waals surface area contributed by atoms with Gasteiger partial charge in [-0.25, -0.2) is 0 Å². The molecule has 1 fully saturated rings. The van der Waals surface area contributed by atoms with Gasteiger partial charge in [0.25, 0.3) is 11.1 Å². The number of anilines is 1. The van der Waals surface area contributed by atoms with Gasteiger partial charge >= 0.3 is 0 Å². The van der Waals surface area contributed by atoms with Crippen molar-refractivity contribution in [2.45, 2.75) is 6.92 Å². The van der Waals surface area contributed by atoms with Crippen LogP contribution in [0.4, 0.5) is 10.5 Å². The van der Waals surface area contributed by atoms with Crippen LogP contribution in [0, 0.1) is 6.92 Å². The topological polar surface area (TPSA) is 49.4 Å². The smallest absolute Gasteiger partial charge is 0.295 e. The predicted octanol–water partition coefficient (Wildman–Crippen LogP) is 5.41. The van der Waals surface area contributed by atoms with Gasteiger partial charge in [-0.3, -0.25) is 14.5 Å². The maximum Gasteiger partial charge on any atom is 0.295 e. The SMILES string of the molecule is Cc1c(Cl)cccc1NCN1C(=O)SC(=Cc2ccc(Cl)cc2)C1=O. The summed E-state index contributed by atoms with van der Waals surface area (Å²) >= 11 is 12.9. The first kappa shape index (κ1) is 17.9. The molecule has 1 heterocycles. The third-order valence-corrected chi connectivity index (χ3v) is 5.31. The van der Waals surface area contributed by atoms with E-state index in [1.54, 1.807) is 36.4 Å². The number of hydrogen-bond acceptors (Lipinski definition) is 4. The van der Waals surface area contributed by atoms with Crippen LogP contribution in [-0.2, 0) is 4.79 Å². The molecule has 2 amide bonds. The monoisotopic (exact) mass is 392 g/mol. The molecule has 4 nitrogen and oxygen atoms in total. The first-order valence-corrected chi connectivity index (χ1v) is 9.03. The quantitative estimate of drug-likeness (QED) is 0.706. The number of hydrogen-bond donors (Lipinski definition) is 1. The average molecular weight is 393 g/mol. The van der Waals surface area contributed by atoms with Crippen molar-refractivity contribution >= 4 is 57.9 Å². The molecule has 2 aromatic carbocycles. The van der Waals surface area contributed by atoms with Crippen LogP contribution in [0.1, 0.15) is 11.1 Å². The van der Waals surface area contributed by atoms with Crippen molar-refractivity contribution in [2.24, 2.45) is 0 Å². The van der Waals surface area contributed by atoms with E-state index in [9.17, 15) is 9.59 Å². The zero-order chi connectivity index (χ0) is 18.0. The van der Waals surface area contributed by atoms with Crippen molar-refractivity contribution < 1.29 is 9.59 Å². The lowest BCUT2D eigenvalue weighted by Gasteiger charge is -2.16. The van der Waals surface area contributed by atoms with E-state index in [2.05, 4.69) is 5.32 Å². The highest BCUT2D eigenvalue weighted by atomic mass is 35.5. The summed E-state index contributed by atoms with van der Waals surface area (Å²) in [4.78, 5) is 26.2. The van der Waals surface area contributed by atoms with E-state index in [1.807, 2.05) is 19.1 Å². The third-order valence-electron chi connectivity index (χ3n) is 3.74. The number of halogens is 2. The number of carbonyl (C=O) groups is 2. The van der Waals surface area contributed by atoms with E-state index >= 15 is 0 Å². The summed E-state index contributed by atoms with van der Waals surface area (Å²) in [6.07, 6.45) is 1.69. The van der Waals surface area contributed by atoms with E-state index in [0.29, 0.717) is 15.0 Å². The van der Waals surface area contributed by atoms with Gasteiger partial charge in [-0.2, -0.15) is 0 Å². The van der Waals surface area contributed by atoms with Crippen LogP contribution in [0.2, 0.25) is 10.0 Å². The van der Waals surface area contributed by atoms with Gasteiger partial charge in [-0.1, -0.05) is 41.4 Å². The molecule has 25 heavy (non-hydrogen) atoms. The molecule has 0 spiro atoms. The van der Waals surface area contributed by atoms with Gasteiger partial charge in [0, 0.05) is 15.7 Å². The highest BCUT2D eigenvalue weighted by molar-refractivity contribution is 8.18. The van der Waals surface area contributed by atoms with Crippen LogP contribution in [-0.4, -0.2) is 22.7 Å². The summed E-state index contributed by atoms with van der Waals surface area (Å²) in [5, 5.41) is 4.03. The lowest BCUT2D eigenvalue weighted by atomic mass is 10.2. The Hall–Kier alpha value is -1.95. The molecule has 1 saturated heterocycles. The second kappa shape index (κ2) is 7.52. The number of carbonyl (C=O) groups excluding carboxylic acids is 2. The van der Waals surface area contributed by atoms with Gasteiger partial charge in [-0.05, 0) is 60.2 Å². The van der Waals surface area contributed by atoms with Gasteiger partial charge in [-0.15, -0.1) is 0 Å². The maximum atomic E-state index is 12.5. The molecule has 128 valence electrons. The van der Waals surface area contributed by atoms with Crippen LogP contribution in [0.5, 0.6) is 0 Å². The molecule has 1 aliphatic rings. The molecule has 0 atom stereocenters.